The smallest absolute Gasteiger partial charge is 0.238 e. The number of aromatic hydroxyl groups is 1. The van der Waals surface area contributed by atoms with Crippen LogP contribution in [0.1, 0.15) is 52.7 Å². The summed E-state index contributed by atoms with van der Waals surface area (Å²) in [6.07, 6.45) is 0. The zero-order chi connectivity index (χ0) is 15.2. The van der Waals surface area contributed by atoms with Crippen LogP contribution >= 0.6 is 0 Å². The topological polar surface area (TPSA) is 80.4 Å². The monoisotopic (exact) mass is 285 g/mol. The molecular formula is C14H23NO3S. The lowest BCUT2D eigenvalue weighted by Gasteiger charge is -2.27. The molecule has 4 nitrogen and oxygen atoms in total. The van der Waals surface area contributed by atoms with Gasteiger partial charge in [0.15, 0.2) is 0 Å². The van der Waals surface area contributed by atoms with Crippen molar-refractivity contribution in [1.82, 2.24) is 0 Å². The summed E-state index contributed by atoms with van der Waals surface area (Å²) in [6, 6.07) is 2.92. The number of hydrogen-bond donors (Lipinski definition) is 2. The van der Waals surface area contributed by atoms with Crippen LogP contribution in [0.15, 0.2) is 17.0 Å². The van der Waals surface area contributed by atoms with E-state index in [-0.39, 0.29) is 21.5 Å². The van der Waals surface area contributed by atoms with Gasteiger partial charge >= 0.3 is 0 Å². The third-order valence-corrected chi connectivity index (χ3v) is 3.92. The first-order valence-electron chi connectivity index (χ1n) is 6.15. The van der Waals surface area contributed by atoms with E-state index in [1.807, 2.05) is 41.5 Å². The van der Waals surface area contributed by atoms with Crippen LogP contribution in [0.3, 0.4) is 0 Å². The highest BCUT2D eigenvalue weighted by atomic mass is 32.2. The number of nitrogens with two attached hydrogens (primary N) is 1. The zero-order valence-corrected chi connectivity index (χ0v) is 13.2. The Morgan fingerprint density at radius 1 is 0.947 bits per heavy atom. The van der Waals surface area contributed by atoms with Gasteiger partial charge in [0, 0.05) is 11.1 Å². The van der Waals surface area contributed by atoms with Crippen molar-refractivity contribution in [3.05, 3.63) is 23.3 Å². The molecular weight excluding hydrogens is 262 g/mol. The lowest BCUT2D eigenvalue weighted by atomic mass is 9.79. The van der Waals surface area contributed by atoms with Crippen LogP contribution in [0, 0.1) is 0 Å². The Balaban J connectivity index is 3.78. The Morgan fingerprint density at radius 3 is 1.47 bits per heavy atom. The molecule has 0 saturated carbocycles. The first-order chi connectivity index (χ1) is 8.24. The molecule has 1 rings (SSSR count). The van der Waals surface area contributed by atoms with Gasteiger partial charge in [0.1, 0.15) is 5.75 Å². The molecule has 0 aromatic heterocycles. The predicted octanol–water partition coefficient (Wildman–Crippen LogP) is 2.63. The first-order valence-corrected chi connectivity index (χ1v) is 7.70. The Hall–Kier alpha value is -1.07. The van der Waals surface area contributed by atoms with Gasteiger partial charge in [-0.05, 0) is 23.0 Å². The van der Waals surface area contributed by atoms with E-state index in [9.17, 15) is 13.5 Å². The van der Waals surface area contributed by atoms with Gasteiger partial charge in [-0.3, -0.25) is 0 Å². The number of sulfonamides is 1. The Morgan fingerprint density at radius 2 is 1.26 bits per heavy atom. The van der Waals surface area contributed by atoms with Crippen molar-refractivity contribution in [2.75, 3.05) is 0 Å². The second-order valence-corrected chi connectivity index (χ2v) is 8.47. The molecule has 0 bridgehead atoms. The average Bonchev–Trinajstić information content (AvgIpc) is 2.11. The molecule has 5 heteroatoms. The fourth-order valence-corrected chi connectivity index (χ4v) is 2.48. The number of phenolic OH excluding ortho intramolecular Hbond substituents is 1. The molecule has 0 atom stereocenters. The molecule has 0 saturated heterocycles. The number of phenols is 1. The number of benzene rings is 1. The SMILES string of the molecule is CC(C)(C)c1cc(S(N)(=O)=O)cc(C(C)(C)C)c1O. The first kappa shape index (κ1) is 16.0. The van der Waals surface area contributed by atoms with Crippen LogP contribution in [0.25, 0.3) is 0 Å². The second kappa shape index (κ2) is 4.49. The molecule has 0 spiro atoms. The number of hydrogen-bond acceptors (Lipinski definition) is 3. The van der Waals surface area contributed by atoms with Crippen molar-refractivity contribution >= 4 is 10.0 Å². The molecule has 0 unspecified atom stereocenters. The van der Waals surface area contributed by atoms with Crippen molar-refractivity contribution in [2.45, 2.75) is 57.3 Å². The van der Waals surface area contributed by atoms with Crippen molar-refractivity contribution in [2.24, 2.45) is 5.14 Å². The lowest BCUT2D eigenvalue weighted by Crippen LogP contribution is -2.20. The maximum Gasteiger partial charge on any atom is 0.238 e. The molecule has 0 aliphatic carbocycles. The van der Waals surface area contributed by atoms with Gasteiger partial charge < -0.3 is 5.11 Å². The summed E-state index contributed by atoms with van der Waals surface area (Å²) in [7, 11) is -3.80. The highest BCUT2D eigenvalue weighted by Crippen LogP contribution is 2.40. The molecule has 0 amide bonds. The molecule has 19 heavy (non-hydrogen) atoms. The molecule has 0 aliphatic heterocycles. The van der Waals surface area contributed by atoms with E-state index >= 15 is 0 Å². The standard InChI is InChI=1S/C14H23NO3S/c1-13(2,3)10-7-9(19(15,17)18)8-11(12(10)16)14(4,5)6/h7-8,16H,1-6H3,(H2,15,17,18). The van der Waals surface area contributed by atoms with E-state index in [1.165, 1.54) is 12.1 Å². The van der Waals surface area contributed by atoms with E-state index in [4.69, 9.17) is 5.14 Å². The minimum Gasteiger partial charge on any atom is -0.507 e. The lowest BCUT2D eigenvalue weighted by molar-refractivity contribution is 0.422. The Labute approximate surface area is 115 Å². The minimum atomic E-state index is -3.80. The second-order valence-electron chi connectivity index (χ2n) is 6.91. The predicted molar refractivity (Wildman–Crippen MR) is 76.9 cm³/mol. The fourth-order valence-electron chi connectivity index (χ4n) is 1.92. The van der Waals surface area contributed by atoms with Crippen molar-refractivity contribution in [1.29, 1.82) is 0 Å². The zero-order valence-electron chi connectivity index (χ0n) is 12.4. The van der Waals surface area contributed by atoms with Gasteiger partial charge in [0.2, 0.25) is 10.0 Å². The summed E-state index contributed by atoms with van der Waals surface area (Å²) in [5, 5.41) is 15.6. The Kier molecular flexibility index (Phi) is 3.78. The van der Waals surface area contributed by atoms with E-state index in [1.54, 1.807) is 0 Å². The van der Waals surface area contributed by atoms with Crippen LogP contribution < -0.4 is 5.14 Å². The summed E-state index contributed by atoms with van der Waals surface area (Å²) < 4.78 is 23.2. The fraction of sp³-hybridized carbons (Fsp3) is 0.571. The van der Waals surface area contributed by atoms with Crippen LogP contribution in [0.5, 0.6) is 5.75 Å². The van der Waals surface area contributed by atoms with Gasteiger partial charge in [-0.25, -0.2) is 13.6 Å². The Bertz CT molecular complexity index is 555. The number of primary sulfonamides is 1. The average molecular weight is 285 g/mol. The van der Waals surface area contributed by atoms with E-state index in [2.05, 4.69) is 0 Å². The number of rotatable bonds is 1. The highest BCUT2D eigenvalue weighted by Gasteiger charge is 2.28. The third kappa shape index (κ3) is 3.48. The molecule has 3 N–H and O–H groups in total. The van der Waals surface area contributed by atoms with E-state index < -0.39 is 10.0 Å². The van der Waals surface area contributed by atoms with Crippen LogP contribution in [0.2, 0.25) is 0 Å². The third-order valence-electron chi connectivity index (χ3n) is 3.03. The van der Waals surface area contributed by atoms with Gasteiger partial charge in [0.25, 0.3) is 0 Å². The summed E-state index contributed by atoms with van der Waals surface area (Å²) in [6.45, 7) is 11.5. The van der Waals surface area contributed by atoms with Crippen molar-refractivity contribution in [3.8, 4) is 5.75 Å². The maximum atomic E-state index is 11.6. The summed E-state index contributed by atoms with van der Waals surface area (Å²) in [5.41, 5.74) is 0.433. The van der Waals surface area contributed by atoms with Crippen LogP contribution in [-0.4, -0.2) is 13.5 Å². The maximum absolute atomic E-state index is 11.6. The molecule has 1 aromatic rings. The molecule has 108 valence electrons. The van der Waals surface area contributed by atoms with Gasteiger partial charge in [0.05, 0.1) is 4.90 Å². The summed E-state index contributed by atoms with van der Waals surface area (Å²) in [4.78, 5) is 0.0418. The van der Waals surface area contributed by atoms with Crippen molar-refractivity contribution in [3.63, 3.8) is 0 Å². The van der Waals surface area contributed by atoms with Crippen LogP contribution in [0.4, 0.5) is 0 Å². The summed E-state index contributed by atoms with van der Waals surface area (Å²) in [5.74, 6) is 0.146. The molecule has 0 radical (unpaired) electrons. The van der Waals surface area contributed by atoms with Gasteiger partial charge in [-0.2, -0.15) is 0 Å². The molecule has 1 aromatic carbocycles. The van der Waals surface area contributed by atoms with Gasteiger partial charge in [-0.15, -0.1) is 0 Å². The van der Waals surface area contributed by atoms with E-state index in [0.29, 0.717) is 11.1 Å². The summed E-state index contributed by atoms with van der Waals surface area (Å²) >= 11 is 0. The highest BCUT2D eigenvalue weighted by molar-refractivity contribution is 7.89. The van der Waals surface area contributed by atoms with Crippen LogP contribution in [-0.2, 0) is 20.9 Å². The minimum absolute atomic E-state index is 0.0418. The molecule has 0 aliphatic rings. The molecule has 0 heterocycles. The quantitative estimate of drug-likeness (QED) is 0.832. The van der Waals surface area contributed by atoms with Crippen molar-refractivity contribution < 1.29 is 13.5 Å². The van der Waals surface area contributed by atoms with E-state index in [0.717, 1.165) is 0 Å². The van der Waals surface area contributed by atoms with Gasteiger partial charge in [-0.1, -0.05) is 41.5 Å². The molecule has 0 fully saturated rings. The normalized spacial score (nSPS) is 13.6. The largest absolute Gasteiger partial charge is 0.507 e.